The lowest BCUT2D eigenvalue weighted by Crippen LogP contribution is -2.44. The number of allylic oxidation sites excluding steroid dienone is 1. The Balaban J connectivity index is 2.03. The van der Waals surface area contributed by atoms with Crippen molar-refractivity contribution in [3.8, 4) is 0 Å². The SMILES string of the molecule is COC(=O)/C=C/CC[C@H](NC(C)=O)C(=O)Cc1cccn(CC(=O)N2CCC(C(F)(F)F)CC2)c1=O. The molecule has 2 rings (SSSR count). The summed E-state index contributed by atoms with van der Waals surface area (Å²) in [6.07, 6.45) is -0.379. The molecule has 1 saturated heterocycles. The molecule has 12 heteroatoms. The third-order valence-electron chi connectivity index (χ3n) is 5.92. The molecule has 1 aliphatic heterocycles. The molecule has 1 aromatic rings. The van der Waals surface area contributed by atoms with Crippen LogP contribution in [0.2, 0.25) is 0 Å². The van der Waals surface area contributed by atoms with E-state index in [-0.39, 0.29) is 50.9 Å². The number of hydrogen-bond donors (Lipinski definition) is 1. The molecule has 0 aliphatic carbocycles. The zero-order chi connectivity index (χ0) is 26.9. The van der Waals surface area contributed by atoms with Gasteiger partial charge in [-0.25, -0.2) is 4.79 Å². The first-order valence-corrected chi connectivity index (χ1v) is 11.5. The van der Waals surface area contributed by atoms with Crippen molar-refractivity contribution in [2.75, 3.05) is 20.2 Å². The number of alkyl halides is 3. The molecule has 1 atom stereocenters. The van der Waals surface area contributed by atoms with E-state index >= 15 is 0 Å². The van der Waals surface area contributed by atoms with E-state index in [9.17, 15) is 37.1 Å². The van der Waals surface area contributed by atoms with Gasteiger partial charge in [-0.1, -0.05) is 12.1 Å². The average Bonchev–Trinajstić information content (AvgIpc) is 2.82. The number of hydrogen-bond acceptors (Lipinski definition) is 6. The van der Waals surface area contributed by atoms with Gasteiger partial charge in [0.1, 0.15) is 6.54 Å². The fourth-order valence-electron chi connectivity index (χ4n) is 3.93. The molecule has 1 aliphatic rings. The van der Waals surface area contributed by atoms with Crippen LogP contribution < -0.4 is 10.9 Å². The number of carbonyl (C=O) groups is 4. The van der Waals surface area contributed by atoms with Crippen molar-refractivity contribution in [2.45, 2.75) is 57.8 Å². The number of rotatable bonds is 10. The number of piperidine rings is 1. The van der Waals surface area contributed by atoms with Crippen LogP contribution in [0, 0.1) is 5.92 Å². The monoisotopic (exact) mass is 513 g/mol. The quantitative estimate of drug-likeness (QED) is 0.377. The molecule has 1 aromatic heterocycles. The highest BCUT2D eigenvalue weighted by molar-refractivity contribution is 5.89. The molecule has 0 unspecified atom stereocenters. The lowest BCUT2D eigenvalue weighted by Gasteiger charge is -2.33. The Hall–Kier alpha value is -3.44. The van der Waals surface area contributed by atoms with Gasteiger partial charge in [0.2, 0.25) is 11.8 Å². The first kappa shape index (κ1) is 28.8. The number of esters is 1. The van der Waals surface area contributed by atoms with E-state index in [0.29, 0.717) is 6.42 Å². The fraction of sp³-hybridized carbons (Fsp3) is 0.542. The molecule has 0 radical (unpaired) electrons. The summed E-state index contributed by atoms with van der Waals surface area (Å²) in [6, 6.07) is 2.05. The zero-order valence-electron chi connectivity index (χ0n) is 20.2. The molecule has 1 fully saturated rings. The Morgan fingerprint density at radius 3 is 2.47 bits per heavy atom. The van der Waals surface area contributed by atoms with Crippen molar-refractivity contribution in [1.82, 2.24) is 14.8 Å². The summed E-state index contributed by atoms with van der Waals surface area (Å²) in [4.78, 5) is 62.3. The second-order valence-corrected chi connectivity index (χ2v) is 8.56. The highest BCUT2D eigenvalue weighted by atomic mass is 19.4. The average molecular weight is 514 g/mol. The molecular formula is C24H30F3N3O6. The first-order valence-electron chi connectivity index (χ1n) is 11.5. The van der Waals surface area contributed by atoms with Gasteiger partial charge in [-0.3, -0.25) is 19.2 Å². The number of Topliss-reactive ketones (excluding diaryl/α,β-unsaturated/α-hetero) is 1. The standard InChI is InChI=1S/C24H30F3N3O6/c1-16(31)28-19(7-3-4-8-22(34)36-2)20(32)14-17-6-5-11-30(23(17)35)15-21(33)29-12-9-18(10-13-29)24(25,26)27/h4-6,8,11,18-19H,3,7,9-10,12-15H2,1-2H3,(H,28,31)/b8-4+/t19-/m0/s1. The van der Waals surface area contributed by atoms with Crippen LogP contribution in [-0.2, 0) is 36.9 Å². The van der Waals surface area contributed by atoms with Crippen molar-refractivity contribution in [3.05, 3.63) is 46.4 Å². The maximum Gasteiger partial charge on any atom is 0.391 e. The molecule has 9 nitrogen and oxygen atoms in total. The molecule has 198 valence electrons. The van der Waals surface area contributed by atoms with Crippen molar-refractivity contribution >= 4 is 23.6 Å². The molecular weight excluding hydrogens is 483 g/mol. The lowest BCUT2D eigenvalue weighted by atomic mass is 9.96. The van der Waals surface area contributed by atoms with Crippen molar-refractivity contribution in [1.29, 1.82) is 0 Å². The number of nitrogens with one attached hydrogen (secondary N) is 1. The highest BCUT2D eigenvalue weighted by Gasteiger charge is 2.41. The van der Waals surface area contributed by atoms with Crippen molar-refractivity contribution < 1.29 is 37.1 Å². The number of nitrogens with zero attached hydrogens (tertiary/aromatic N) is 2. The van der Waals surface area contributed by atoms with Crippen LogP contribution in [0.15, 0.2) is 35.3 Å². The van der Waals surface area contributed by atoms with Crippen LogP contribution in [0.4, 0.5) is 13.2 Å². The van der Waals surface area contributed by atoms with E-state index in [2.05, 4.69) is 10.1 Å². The van der Waals surface area contributed by atoms with Gasteiger partial charge in [0.15, 0.2) is 5.78 Å². The van der Waals surface area contributed by atoms with Crippen LogP contribution in [-0.4, -0.2) is 65.5 Å². The number of pyridine rings is 1. The minimum Gasteiger partial charge on any atom is -0.466 e. The fourth-order valence-corrected chi connectivity index (χ4v) is 3.93. The molecule has 0 bridgehead atoms. The number of amides is 2. The predicted molar refractivity (Wildman–Crippen MR) is 123 cm³/mol. The summed E-state index contributed by atoms with van der Waals surface area (Å²) in [5.74, 6) is -3.33. The highest BCUT2D eigenvalue weighted by Crippen LogP contribution is 2.34. The summed E-state index contributed by atoms with van der Waals surface area (Å²) in [5, 5.41) is 2.54. The molecule has 36 heavy (non-hydrogen) atoms. The van der Waals surface area contributed by atoms with Crippen LogP contribution in [0.1, 0.15) is 38.2 Å². The lowest BCUT2D eigenvalue weighted by molar-refractivity contribution is -0.186. The van der Waals surface area contributed by atoms with E-state index in [1.165, 1.54) is 49.4 Å². The van der Waals surface area contributed by atoms with Gasteiger partial charge in [-0.2, -0.15) is 13.2 Å². The minimum absolute atomic E-state index is 0.0429. The summed E-state index contributed by atoms with van der Waals surface area (Å²) in [6.45, 7) is 0.811. The van der Waals surface area contributed by atoms with Crippen molar-refractivity contribution in [3.63, 3.8) is 0 Å². The third kappa shape index (κ3) is 8.65. The summed E-state index contributed by atoms with van der Waals surface area (Å²) in [5.41, 5.74) is -0.455. The molecule has 0 spiro atoms. The van der Waals surface area contributed by atoms with Gasteiger partial charge in [-0.15, -0.1) is 0 Å². The van der Waals surface area contributed by atoms with E-state index < -0.39 is 47.3 Å². The largest absolute Gasteiger partial charge is 0.466 e. The van der Waals surface area contributed by atoms with E-state index in [0.717, 1.165) is 4.57 Å². The number of ketones is 1. The number of likely N-dealkylation sites (tertiary alicyclic amines) is 1. The molecule has 0 aromatic carbocycles. The second-order valence-electron chi connectivity index (χ2n) is 8.56. The third-order valence-corrected chi connectivity index (χ3v) is 5.92. The van der Waals surface area contributed by atoms with E-state index in [1.807, 2.05) is 0 Å². The Morgan fingerprint density at radius 1 is 1.22 bits per heavy atom. The molecule has 0 saturated carbocycles. The number of ether oxygens (including phenoxy) is 1. The Bertz CT molecular complexity index is 1040. The van der Waals surface area contributed by atoms with Gasteiger partial charge >= 0.3 is 12.1 Å². The van der Waals surface area contributed by atoms with Crippen LogP contribution in [0.25, 0.3) is 0 Å². The van der Waals surface area contributed by atoms with E-state index in [1.54, 1.807) is 0 Å². The van der Waals surface area contributed by atoms with Gasteiger partial charge in [0.25, 0.3) is 5.56 Å². The first-order chi connectivity index (χ1) is 16.9. The van der Waals surface area contributed by atoms with E-state index in [4.69, 9.17) is 0 Å². The summed E-state index contributed by atoms with van der Waals surface area (Å²) in [7, 11) is 1.23. The van der Waals surface area contributed by atoms with Gasteiger partial charge in [0, 0.05) is 44.3 Å². The maximum absolute atomic E-state index is 12.9. The number of methoxy groups -OCH3 is 1. The Morgan fingerprint density at radius 2 is 1.89 bits per heavy atom. The predicted octanol–water partition coefficient (Wildman–Crippen LogP) is 1.77. The van der Waals surface area contributed by atoms with Crippen molar-refractivity contribution in [2.24, 2.45) is 5.92 Å². The number of carbonyl (C=O) groups excluding carboxylic acids is 4. The molecule has 2 amide bonds. The van der Waals surface area contributed by atoms with Gasteiger partial charge in [0.05, 0.1) is 19.1 Å². The normalized spacial score (nSPS) is 15.5. The Kier molecular flexibility index (Phi) is 10.4. The number of aromatic nitrogens is 1. The topological polar surface area (TPSA) is 115 Å². The molecule has 2 heterocycles. The second kappa shape index (κ2) is 13.0. The zero-order valence-corrected chi connectivity index (χ0v) is 20.2. The van der Waals surface area contributed by atoms with Crippen LogP contribution in [0.5, 0.6) is 0 Å². The van der Waals surface area contributed by atoms with Crippen LogP contribution in [0.3, 0.4) is 0 Å². The molecule has 1 N–H and O–H groups in total. The smallest absolute Gasteiger partial charge is 0.391 e. The summed E-state index contributed by atoms with van der Waals surface area (Å²) >= 11 is 0. The summed E-state index contributed by atoms with van der Waals surface area (Å²) < 4.78 is 44.2. The Labute approximate surface area is 206 Å². The van der Waals surface area contributed by atoms with Crippen LogP contribution >= 0.6 is 0 Å². The maximum atomic E-state index is 12.9. The van der Waals surface area contributed by atoms with Gasteiger partial charge in [-0.05, 0) is 31.7 Å². The van der Waals surface area contributed by atoms with Gasteiger partial charge < -0.3 is 19.5 Å². The minimum atomic E-state index is -4.29. The number of halogens is 3.